The lowest BCUT2D eigenvalue weighted by molar-refractivity contribution is -0.167. The Hall–Kier alpha value is -3.14. The van der Waals surface area contributed by atoms with Gasteiger partial charge in [0, 0.05) is 12.5 Å². The van der Waals surface area contributed by atoms with E-state index in [-0.39, 0.29) is 30.6 Å². The van der Waals surface area contributed by atoms with E-state index in [0.29, 0.717) is 18.4 Å². The Balaban J connectivity index is 3.42. The predicted octanol–water partition coefficient (Wildman–Crippen LogP) is 4.47. The standard InChI is InChI=1S/C26H39NO9/c1-8-10-13-33-25(32)36-26(24(30)31,27-18(7)9-2)15-19-11-12-20(34-22(28)16(3)4)21(14-19)35-23(29)17(5)6/h11-12,14,16-18,27H,8-10,13,15H2,1-7H3,(H,30,31)/t18?,26-/m0/s1. The largest absolute Gasteiger partial charge is 0.510 e. The van der Waals surface area contributed by atoms with Crippen molar-refractivity contribution in [2.75, 3.05) is 6.61 Å². The Labute approximate surface area is 212 Å². The average molecular weight is 510 g/mol. The quantitative estimate of drug-likeness (QED) is 0.160. The zero-order chi connectivity index (χ0) is 27.5. The van der Waals surface area contributed by atoms with Gasteiger partial charge in [-0.05, 0) is 37.5 Å². The first-order valence-electron chi connectivity index (χ1n) is 12.3. The van der Waals surface area contributed by atoms with E-state index in [4.69, 9.17) is 18.9 Å². The van der Waals surface area contributed by atoms with Crippen molar-refractivity contribution < 1.29 is 43.2 Å². The number of esters is 2. The molecule has 0 radical (unpaired) electrons. The maximum absolute atomic E-state index is 12.4. The van der Waals surface area contributed by atoms with Crippen molar-refractivity contribution in [1.29, 1.82) is 0 Å². The summed E-state index contributed by atoms with van der Waals surface area (Å²) in [6.07, 6.45) is 0.518. The summed E-state index contributed by atoms with van der Waals surface area (Å²) >= 11 is 0. The van der Waals surface area contributed by atoms with Crippen LogP contribution in [0.5, 0.6) is 11.5 Å². The van der Waals surface area contributed by atoms with Gasteiger partial charge in [-0.25, -0.2) is 9.59 Å². The Morgan fingerprint density at radius 3 is 2.03 bits per heavy atom. The summed E-state index contributed by atoms with van der Waals surface area (Å²) in [6, 6.07) is 3.99. The van der Waals surface area contributed by atoms with Crippen LogP contribution < -0.4 is 14.8 Å². The minimum atomic E-state index is -2.16. The van der Waals surface area contributed by atoms with Gasteiger partial charge in [-0.15, -0.1) is 0 Å². The van der Waals surface area contributed by atoms with Gasteiger partial charge in [-0.1, -0.05) is 54.0 Å². The van der Waals surface area contributed by atoms with E-state index in [1.807, 2.05) is 13.8 Å². The second-order valence-electron chi connectivity index (χ2n) is 9.25. The number of hydrogen-bond donors (Lipinski definition) is 2. The number of rotatable bonds is 14. The van der Waals surface area contributed by atoms with Crippen molar-refractivity contribution in [3.63, 3.8) is 0 Å². The van der Waals surface area contributed by atoms with Crippen LogP contribution in [0.2, 0.25) is 0 Å². The van der Waals surface area contributed by atoms with Crippen LogP contribution in [0.1, 0.15) is 73.3 Å². The number of unbranched alkanes of at least 4 members (excludes halogenated alkanes) is 1. The highest BCUT2D eigenvalue weighted by atomic mass is 16.7. The lowest BCUT2D eigenvalue weighted by atomic mass is 10.00. The van der Waals surface area contributed by atoms with Gasteiger partial charge in [-0.3, -0.25) is 14.9 Å². The molecule has 10 heteroatoms. The molecule has 1 unspecified atom stereocenters. The average Bonchev–Trinajstić information content (AvgIpc) is 2.80. The third kappa shape index (κ3) is 9.49. The monoisotopic (exact) mass is 509 g/mol. The number of ether oxygens (including phenoxy) is 4. The second-order valence-corrected chi connectivity index (χ2v) is 9.25. The van der Waals surface area contributed by atoms with Gasteiger partial charge >= 0.3 is 24.1 Å². The summed E-state index contributed by atoms with van der Waals surface area (Å²) in [6.45, 7) is 12.3. The van der Waals surface area contributed by atoms with Crippen LogP contribution in [0.4, 0.5) is 4.79 Å². The van der Waals surface area contributed by atoms with Crippen LogP contribution in [0.3, 0.4) is 0 Å². The highest BCUT2D eigenvalue weighted by Gasteiger charge is 2.44. The van der Waals surface area contributed by atoms with Crippen molar-refractivity contribution in [3.8, 4) is 11.5 Å². The molecule has 1 aromatic carbocycles. The maximum atomic E-state index is 12.4. The third-order valence-corrected chi connectivity index (χ3v) is 5.24. The highest BCUT2D eigenvalue weighted by molar-refractivity contribution is 5.81. The van der Waals surface area contributed by atoms with Gasteiger partial charge in [0.1, 0.15) is 0 Å². The number of carbonyl (C=O) groups is 4. The van der Waals surface area contributed by atoms with Crippen LogP contribution >= 0.6 is 0 Å². The van der Waals surface area contributed by atoms with Gasteiger partial charge in [-0.2, -0.15) is 0 Å². The molecular weight excluding hydrogens is 470 g/mol. The lowest BCUT2D eigenvalue weighted by Gasteiger charge is -2.32. The molecule has 0 saturated heterocycles. The number of carbonyl (C=O) groups excluding carboxylic acids is 3. The first kappa shape index (κ1) is 30.9. The summed E-state index contributed by atoms with van der Waals surface area (Å²) < 4.78 is 21.2. The number of benzene rings is 1. The number of carboxylic acids is 1. The first-order chi connectivity index (χ1) is 16.8. The Morgan fingerprint density at radius 1 is 0.944 bits per heavy atom. The summed E-state index contributed by atoms with van der Waals surface area (Å²) in [5, 5.41) is 13.0. The van der Waals surface area contributed by atoms with Crippen molar-refractivity contribution in [2.45, 2.75) is 85.9 Å². The van der Waals surface area contributed by atoms with Gasteiger partial charge in [0.25, 0.3) is 5.72 Å². The molecule has 10 nitrogen and oxygen atoms in total. The summed E-state index contributed by atoms with van der Waals surface area (Å²) in [4.78, 5) is 49.2. The fraction of sp³-hybridized carbons (Fsp3) is 0.615. The number of hydrogen-bond acceptors (Lipinski definition) is 9. The SMILES string of the molecule is CCCCOC(=O)O[C@](Cc1ccc(OC(=O)C(C)C)c(OC(=O)C(C)C)c1)(NC(C)CC)C(=O)O. The molecule has 0 fully saturated rings. The third-order valence-electron chi connectivity index (χ3n) is 5.24. The van der Waals surface area contributed by atoms with Gasteiger partial charge < -0.3 is 24.1 Å². The molecule has 0 heterocycles. The fourth-order valence-corrected chi connectivity index (χ4v) is 2.84. The van der Waals surface area contributed by atoms with E-state index in [2.05, 4.69) is 5.32 Å². The summed E-state index contributed by atoms with van der Waals surface area (Å²) in [5.74, 6) is -3.44. The molecule has 0 amide bonds. The number of nitrogens with one attached hydrogen (secondary N) is 1. The molecule has 0 aliphatic carbocycles. The topological polar surface area (TPSA) is 137 Å². The zero-order valence-corrected chi connectivity index (χ0v) is 22.2. The van der Waals surface area contributed by atoms with E-state index >= 15 is 0 Å². The molecule has 0 aromatic heterocycles. The molecule has 1 aromatic rings. The molecule has 0 saturated carbocycles. The van der Waals surface area contributed by atoms with Gasteiger partial charge in [0.15, 0.2) is 11.5 Å². The molecular formula is C26H39NO9. The van der Waals surface area contributed by atoms with Crippen molar-refractivity contribution in [1.82, 2.24) is 5.32 Å². The fourth-order valence-electron chi connectivity index (χ4n) is 2.84. The van der Waals surface area contributed by atoms with Gasteiger partial charge in [0.2, 0.25) is 0 Å². The Kier molecular flexibility index (Phi) is 12.4. The smallest absolute Gasteiger partial charge is 0.477 e. The lowest BCUT2D eigenvalue weighted by Crippen LogP contribution is -2.59. The van der Waals surface area contributed by atoms with Crippen molar-refractivity contribution in [2.24, 2.45) is 11.8 Å². The normalized spacial score (nSPS) is 13.6. The van der Waals surface area contributed by atoms with E-state index in [0.717, 1.165) is 6.42 Å². The molecule has 36 heavy (non-hydrogen) atoms. The minimum absolute atomic E-state index is 0.0159. The zero-order valence-electron chi connectivity index (χ0n) is 22.2. The molecule has 202 valence electrons. The second kappa shape index (κ2) is 14.4. The van der Waals surface area contributed by atoms with Crippen LogP contribution in [-0.2, 0) is 30.3 Å². The van der Waals surface area contributed by atoms with Crippen LogP contribution in [0.15, 0.2) is 18.2 Å². The molecule has 0 aliphatic heterocycles. The van der Waals surface area contributed by atoms with E-state index in [1.54, 1.807) is 34.6 Å². The van der Waals surface area contributed by atoms with Gasteiger partial charge in [0.05, 0.1) is 18.4 Å². The van der Waals surface area contributed by atoms with E-state index in [9.17, 15) is 24.3 Å². The number of carboxylic acid groups (broad SMARTS) is 1. The van der Waals surface area contributed by atoms with E-state index in [1.165, 1.54) is 18.2 Å². The van der Waals surface area contributed by atoms with E-state index < -0.39 is 41.6 Å². The predicted molar refractivity (Wildman–Crippen MR) is 132 cm³/mol. The van der Waals surface area contributed by atoms with Crippen LogP contribution in [0.25, 0.3) is 0 Å². The first-order valence-corrected chi connectivity index (χ1v) is 12.3. The number of aliphatic carboxylic acids is 1. The molecule has 1 rings (SSSR count). The van der Waals surface area contributed by atoms with Crippen molar-refractivity contribution in [3.05, 3.63) is 23.8 Å². The maximum Gasteiger partial charge on any atom is 0.510 e. The molecule has 0 bridgehead atoms. The van der Waals surface area contributed by atoms with Crippen molar-refractivity contribution >= 4 is 24.1 Å². The summed E-state index contributed by atoms with van der Waals surface area (Å²) in [5.41, 5.74) is -1.81. The molecule has 2 atom stereocenters. The van der Waals surface area contributed by atoms with Crippen LogP contribution in [-0.4, -0.2) is 47.5 Å². The van der Waals surface area contributed by atoms with Crippen LogP contribution in [0, 0.1) is 11.8 Å². The molecule has 2 N–H and O–H groups in total. The molecule has 0 aliphatic rings. The minimum Gasteiger partial charge on any atom is -0.477 e. The highest BCUT2D eigenvalue weighted by Crippen LogP contribution is 2.32. The Morgan fingerprint density at radius 2 is 1.53 bits per heavy atom. The Bertz CT molecular complexity index is 913. The molecule has 0 spiro atoms. The summed E-state index contributed by atoms with van der Waals surface area (Å²) in [7, 11) is 0.